The number of rotatable bonds is 0. The minimum Gasteiger partial charge on any atom is -0.481 e. The average molecular weight is 119 g/mol. The lowest BCUT2D eigenvalue weighted by Crippen LogP contribution is -1.78. The molecule has 0 atom stereocenters. The number of oxime groups is 1. The topological polar surface area (TPSA) is 69.9 Å². The number of carboxylic acids is 1. The highest BCUT2D eigenvalue weighted by Gasteiger charge is 1.65. The predicted molar refractivity (Wildman–Crippen MR) is 29.3 cm³/mol. The van der Waals surface area contributed by atoms with Crippen LogP contribution in [0, 0.1) is 0 Å². The summed E-state index contributed by atoms with van der Waals surface area (Å²) in [6.45, 7) is 2.72. The van der Waals surface area contributed by atoms with Crippen molar-refractivity contribution in [1.82, 2.24) is 0 Å². The Labute approximate surface area is 47.4 Å². The Kier molecular flexibility index (Phi) is 11.7. The highest BCUT2D eigenvalue weighted by atomic mass is 16.4. The summed E-state index contributed by atoms with van der Waals surface area (Å²) in [4.78, 5) is 9.00. The molecule has 0 aromatic heterocycles. The molecule has 0 saturated carbocycles. The van der Waals surface area contributed by atoms with Gasteiger partial charge in [-0.25, -0.2) is 0 Å². The first-order valence-corrected chi connectivity index (χ1v) is 1.96. The van der Waals surface area contributed by atoms with Crippen LogP contribution in [0.15, 0.2) is 5.16 Å². The molecule has 0 aliphatic rings. The zero-order valence-corrected chi connectivity index (χ0v) is 4.83. The third kappa shape index (κ3) is 21300. The monoisotopic (exact) mass is 119 g/mol. The molecule has 0 heterocycles. The Balaban J connectivity index is 0. The zero-order valence-electron chi connectivity index (χ0n) is 4.83. The van der Waals surface area contributed by atoms with Crippen molar-refractivity contribution in [2.45, 2.75) is 13.8 Å². The number of carboxylic acid groups (broad SMARTS) is 1. The average Bonchev–Trinajstić information content (AvgIpc) is 1.65. The van der Waals surface area contributed by atoms with E-state index < -0.39 is 5.97 Å². The third-order valence-electron chi connectivity index (χ3n) is 0.115. The van der Waals surface area contributed by atoms with Crippen LogP contribution in [-0.4, -0.2) is 22.5 Å². The van der Waals surface area contributed by atoms with E-state index in [2.05, 4.69) is 5.16 Å². The van der Waals surface area contributed by atoms with E-state index in [0.29, 0.717) is 0 Å². The van der Waals surface area contributed by atoms with Crippen LogP contribution in [0.25, 0.3) is 0 Å². The molecule has 0 aliphatic carbocycles. The Hall–Kier alpha value is -1.06. The summed E-state index contributed by atoms with van der Waals surface area (Å²) < 4.78 is 0. The minimum atomic E-state index is -0.833. The number of hydrogen-bond acceptors (Lipinski definition) is 3. The molecule has 0 fully saturated rings. The van der Waals surface area contributed by atoms with Gasteiger partial charge >= 0.3 is 0 Å². The fourth-order valence-electron chi connectivity index (χ4n) is 0. The van der Waals surface area contributed by atoms with Gasteiger partial charge in [0.2, 0.25) is 0 Å². The maximum atomic E-state index is 9.00. The molecule has 4 heteroatoms. The van der Waals surface area contributed by atoms with Crippen molar-refractivity contribution in [3.63, 3.8) is 0 Å². The Morgan fingerprint density at radius 3 is 1.88 bits per heavy atom. The van der Waals surface area contributed by atoms with E-state index >= 15 is 0 Å². The van der Waals surface area contributed by atoms with Crippen molar-refractivity contribution in [3.05, 3.63) is 0 Å². The fourth-order valence-corrected chi connectivity index (χ4v) is 0. The normalized spacial score (nSPS) is 7.75. The quantitative estimate of drug-likeness (QED) is 0.278. The van der Waals surface area contributed by atoms with Gasteiger partial charge in [0.15, 0.2) is 0 Å². The van der Waals surface area contributed by atoms with Crippen molar-refractivity contribution in [3.8, 4) is 0 Å². The summed E-state index contributed by atoms with van der Waals surface area (Å²) in [5.41, 5.74) is 0. The molecule has 0 saturated heterocycles. The van der Waals surface area contributed by atoms with Gasteiger partial charge in [-0.3, -0.25) is 4.79 Å². The molecule has 0 spiro atoms. The summed E-state index contributed by atoms with van der Waals surface area (Å²) in [5.74, 6) is -0.833. The summed E-state index contributed by atoms with van der Waals surface area (Å²) in [7, 11) is 0. The van der Waals surface area contributed by atoms with E-state index in [1.807, 2.05) is 0 Å². The smallest absolute Gasteiger partial charge is 0.300 e. The molecule has 2 N–H and O–H groups in total. The van der Waals surface area contributed by atoms with Crippen LogP contribution in [0.3, 0.4) is 0 Å². The van der Waals surface area contributed by atoms with Gasteiger partial charge in [-0.2, -0.15) is 0 Å². The first-order valence-electron chi connectivity index (χ1n) is 1.96. The van der Waals surface area contributed by atoms with Crippen LogP contribution in [0.1, 0.15) is 13.8 Å². The summed E-state index contributed by atoms with van der Waals surface area (Å²) in [6.07, 6.45) is 1.31. The standard InChI is InChI=1S/C2H5NO.C2H4O2/c1-2-3-4;1-2(3)4/h2,4H,1H3;1H3,(H,3,4)/b3-2+;. The largest absolute Gasteiger partial charge is 0.481 e. The molecule has 0 aromatic rings. The summed E-state index contributed by atoms with van der Waals surface area (Å²) in [5, 5.41) is 17.5. The summed E-state index contributed by atoms with van der Waals surface area (Å²) >= 11 is 0. The second kappa shape index (κ2) is 9.34. The van der Waals surface area contributed by atoms with E-state index in [0.717, 1.165) is 6.92 Å². The molecule has 8 heavy (non-hydrogen) atoms. The van der Waals surface area contributed by atoms with E-state index in [4.69, 9.17) is 15.1 Å². The molecule has 0 unspecified atom stereocenters. The number of carbonyl (C=O) groups is 1. The van der Waals surface area contributed by atoms with Gasteiger partial charge in [0, 0.05) is 13.1 Å². The van der Waals surface area contributed by atoms with Gasteiger partial charge in [-0.15, -0.1) is 5.16 Å². The molecular weight excluding hydrogens is 110 g/mol. The van der Waals surface area contributed by atoms with Gasteiger partial charge in [-0.05, 0) is 6.92 Å². The van der Waals surface area contributed by atoms with Crippen molar-refractivity contribution in [2.75, 3.05) is 0 Å². The van der Waals surface area contributed by atoms with Gasteiger partial charge in [-0.1, -0.05) is 0 Å². The van der Waals surface area contributed by atoms with Crippen LogP contribution < -0.4 is 0 Å². The van der Waals surface area contributed by atoms with Gasteiger partial charge < -0.3 is 10.3 Å². The first-order chi connectivity index (χ1) is 3.65. The molecular formula is C4H9NO3. The highest BCUT2D eigenvalue weighted by Crippen LogP contribution is 1.42. The predicted octanol–water partition coefficient (Wildman–Crippen LogP) is 0.557. The molecule has 0 bridgehead atoms. The van der Waals surface area contributed by atoms with Crippen molar-refractivity contribution >= 4 is 12.2 Å². The lowest BCUT2D eigenvalue weighted by atomic mass is 10.9. The van der Waals surface area contributed by atoms with Crippen molar-refractivity contribution in [1.29, 1.82) is 0 Å². The van der Waals surface area contributed by atoms with Crippen LogP contribution in [0.4, 0.5) is 0 Å². The van der Waals surface area contributed by atoms with E-state index in [-0.39, 0.29) is 0 Å². The molecule has 0 rings (SSSR count). The van der Waals surface area contributed by atoms with Gasteiger partial charge in [0.1, 0.15) is 0 Å². The molecule has 0 aromatic carbocycles. The molecule has 0 amide bonds. The maximum absolute atomic E-state index is 9.00. The molecule has 0 radical (unpaired) electrons. The van der Waals surface area contributed by atoms with E-state index in [1.165, 1.54) is 6.21 Å². The number of aliphatic carboxylic acids is 1. The maximum Gasteiger partial charge on any atom is 0.300 e. The Morgan fingerprint density at radius 2 is 1.88 bits per heavy atom. The van der Waals surface area contributed by atoms with Crippen LogP contribution in [0.5, 0.6) is 0 Å². The highest BCUT2D eigenvalue weighted by molar-refractivity contribution is 5.62. The Morgan fingerprint density at radius 1 is 1.75 bits per heavy atom. The molecule has 48 valence electrons. The molecule has 0 aliphatic heterocycles. The number of hydrogen-bond donors (Lipinski definition) is 2. The van der Waals surface area contributed by atoms with Crippen molar-refractivity contribution < 1.29 is 15.1 Å². The molecule has 4 nitrogen and oxygen atoms in total. The first kappa shape index (κ1) is 10.0. The second-order valence-corrected chi connectivity index (χ2v) is 0.893. The van der Waals surface area contributed by atoms with Crippen molar-refractivity contribution in [2.24, 2.45) is 5.16 Å². The SMILES string of the molecule is C/C=N/O.CC(=O)O. The van der Waals surface area contributed by atoms with E-state index in [9.17, 15) is 0 Å². The number of nitrogens with zero attached hydrogens (tertiary/aromatic N) is 1. The van der Waals surface area contributed by atoms with E-state index in [1.54, 1.807) is 6.92 Å². The summed E-state index contributed by atoms with van der Waals surface area (Å²) in [6, 6.07) is 0. The fraction of sp³-hybridized carbons (Fsp3) is 0.500. The lowest BCUT2D eigenvalue weighted by molar-refractivity contribution is -0.134. The minimum absolute atomic E-state index is 0.833. The van der Waals surface area contributed by atoms with Gasteiger partial charge in [0.25, 0.3) is 5.97 Å². The Bertz CT molecular complexity index is 71.4. The van der Waals surface area contributed by atoms with Crippen LogP contribution in [0.2, 0.25) is 0 Å². The van der Waals surface area contributed by atoms with Crippen LogP contribution in [-0.2, 0) is 4.79 Å². The second-order valence-electron chi connectivity index (χ2n) is 0.893. The third-order valence-corrected chi connectivity index (χ3v) is 0.115. The van der Waals surface area contributed by atoms with Crippen LogP contribution >= 0.6 is 0 Å². The lowest BCUT2D eigenvalue weighted by Gasteiger charge is -1.59. The zero-order chi connectivity index (χ0) is 6.99. The van der Waals surface area contributed by atoms with Gasteiger partial charge in [0.05, 0.1) is 0 Å².